The maximum absolute atomic E-state index is 11.2. The monoisotopic (exact) mass is 466 g/mol. The summed E-state index contributed by atoms with van der Waals surface area (Å²) < 4.78 is 37.8. The van der Waals surface area contributed by atoms with Crippen LogP contribution >= 0.6 is 0 Å². The minimum Gasteiger partial charge on any atom is -0.480 e. The third kappa shape index (κ3) is 11.2. The molecule has 0 fully saturated rings. The highest BCUT2D eigenvalue weighted by Gasteiger charge is 2.49. The van der Waals surface area contributed by atoms with Crippen molar-refractivity contribution < 1.29 is 46.3 Å². The van der Waals surface area contributed by atoms with Crippen molar-refractivity contribution >= 4 is 27.0 Å². The van der Waals surface area contributed by atoms with Crippen LogP contribution in [0.5, 0.6) is 5.75 Å². The molecular weight excluding hydrogens is 440 g/mol. The van der Waals surface area contributed by atoms with Crippen LogP contribution in [0, 0.1) is 0 Å². The van der Waals surface area contributed by atoms with E-state index >= 15 is 0 Å². The van der Waals surface area contributed by atoms with Crippen molar-refractivity contribution in [1.29, 1.82) is 0 Å². The van der Waals surface area contributed by atoms with Crippen LogP contribution in [0.3, 0.4) is 0 Å². The standard InChI is InChI=1S/C21H26O10Si/c1-4-19(22)25-12-15-28-32(29-16-13-26-20(23)5-2,30-17-14-27-21(24)6-3)31-18-10-8-7-9-11-18/h4-11H,1-3,12-17H2. The quantitative estimate of drug-likeness (QED) is 0.110. The summed E-state index contributed by atoms with van der Waals surface area (Å²) in [5.74, 6) is -1.49. The smallest absolute Gasteiger partial charge is 0.480 e. The third-order valence-corrected chi connectivity index (χ3v) is 5.46. The number of ether oxygens (including phenoxy) is 3. The highest BCUT2D eigenvalue weighted by Crippen LogP contribution is 2.19. The van der Waals surface area contributed by atoms with Crippen LogP contribution in [0.2, 0.25) is 0 Å². The molecule has 0 aliphatic carbocycles. The highest BCUT2D eigenvalue weighted by molar-refractivity contribution is 6.54. The van der Waals surface area contributed by atoms with E-state index in [1.807, 2.05) is 0 Å². The Bertz CT molecular complexity index is 696. The van der Waals surface area contributed by atoms with Gasteiger partial charge in [0.2, 0.25) is 0 Å². The van der Waals surface area contributed by atoms with E-state index in [-0.39, 0.29) is 39.6 Å². The summed E-state index contributed by atoms with van der Waals surface area (Å²) in [4.78, 5) is 33.7. The zero-order valence-electron chi connectivity index (χ0n) is 17.6. The molecule has 0 amide bonds. The molecule has 11 heteroatoms. The molecule has 0 aliphatic heterocycles. The maximum Gasteiger partial charge on any atom is 0.750 e. The molecule has 1 aromatic carbocycles. The summed E-state index contributed by atoms with van der Waals surface area (Å²) in [5, 5.41) is 0. The van der Waals surface area contributed by atoms with E-state index in [1.165, 1.54) is 0 Å². The van der Waals surface area contributed by atoms with Gasteiger partial charge in [0.05, 0.1) is 19.8 Å². The van der Waals surface area contributed by atoms with Gasteiger partial charge >= 0.3 is 27.0 Å². The molecule has 10 nitrogen and oxygen atoms in total. The molecule has 0 aliphatic rings. The Labute approximate surface area is 187 Å². The van der Waals surface area contributed by atoms with E-state index in [0.29, 0.717) is 5.75 Å². The number of benzene rings is 1. The fourth-order valence-electron chi connectivity index (χ4n) is 1.95. The van der Waals surface area contributed by atoms with Crippen molar-refractivity contribution in [3.8, 4) is 5.75 Å². The van der Waals surface area contributed by atoms with Crippen LogP contribution in [0.25, 0.3) is 0 Å². The number of rotatable bonds is 17. The summed E-state index contributed by atoms with van der Waals surface area (Å²) in [7, 11) is -3.93. The lowest BCUT2D eigenvalue weighted by molar-refractivity contribution is -0.140. The predicted octanol–water partition coefficient (Wildman–Crippen LogP) is 1.74. The van der Waals surface area contributed by atoms with Gasteiger partial charge in [0, 0.05) is 18.2 Å². The largest absolute Gasteiger partial charge is 0.750 e. The summed E-state index contributed by atoms with van der Waals surface area (Å²) >= 11 is 0. The van der Waals surface area contributed by atoms with Crippen LogP contribution in [-0.4, -0.2) is 66.6 Å². The van der Waals surface area contributed by atoms with Gasteiger partial charge in [0.15, 0.2) is 0 Å². The Hall–Kier alpha value is -3.25. The topological polar surface area (TPSA) is 116 Å². The van der Waals surface area contributed by atoms with Crippen molar-refractivity contribution in [2.45, 2.75) is 0 Å². The van der Waals surface area contributed by atoms with Gasteiger partial charge in [-0.15, -0.1) is 0 Å². The van der Waals surface area contributed by atoms with Gasteiger partial charge in [-0.1, -0.05) is 37.9 Å². The lowest BCUT2D eigenvalue weighted by Crippen LogP contribution is -2.54. The number of carbonyl (C=O) groups is 3. The van der Waals surface area contributed by atoms with Crippen molar-refractivity contribution in [3.05, 3.63) is 68.3 Å². The van der Waals surface area contributed by atoms with Crippen molar-refractivity contribution in [2.75, 3.05) is 39.6 Å². The van der Waals surface area contributed by atoms with E-state index in [1.54, 1.807) is 30.3 Å². The Morgan fingerprint density at radius 1 is 0.656 bits per heavy atom. The second kappa shape index (κ2) is 15.5. The molecule has 0 saturated carbocycles. The molecule has 0 heterocycles. The van der Waals surface area contributed by atoms with Crippen molar-refractivity contribution in [3.63, 3.8) is 0 Å². The van der Waals surface area contributed by atoms with Gasteiger partial charge in [0.1, 0.15) is 25.6 Å². The molecule has 0 saturated heterocycles. The molecule has 0 unspecified atom stereocenters. The van der Waals surface area contributed by atoms with Gasteiger partial charge < -0.3 is 31.9 Å². The number of carbonyl (C=O) groups excluding carboxylic acids is 3. The molecule has 1 aromatic rings. The average Bonchev–Trinajstić information content (AvgIpc) is 2.82. The third-order valence-electron chi connectivity index (χ3n) is 3.31. The Morgan fingerprint density at radius 2 is 1.03 bits per heavy atom. The minimum absolute atomic E-state index is 0.124. The molecule has 0 atom stereocenters. The van der Waals surface area contributed by atoms with Crippen LogP contribution in [0.4, 0.5) is 0 Å². The highest BCUT2D eigenvalue weighted by atomic mass is 28.4. The van der Waals surface area contributed by atoms with E-state index in [9.17, 15) is 14.4 Å². The average molecular weight is 467 g/mol. The van der Waals surface area contributed by atoms with E-state index in [2.05, 4.69) is 19.7 Å². The van der Waals surface area contributed by atoms with Crippen molar-refractivity contribution in [2.24, 2.45) is 0 Å². The molecule has 1 rings (SSSR count). The first kappa shape index (κ1) is 26.8. The molecule has 0 N–H and O–H groups in total. The van der Waals surface area contributed by atoms with E-state index in [0.717, 1.165) is 18.2 Å². The summed E-state index contributed by atoms with van der Waals surface area (Å²) in [6.45, 7) is 9.17. The molecule has 174 valence electrons. The van der Waals surface area contributed by atoms with E-state index in [4.69, 9.17) is 31.9 Å². The van der Waals surface area contributed by atoms with Crippen molar-refractivity contribution in [1.82, 2.24) is 0 Å². The first-order chi connectivity index (χ1) is 15.4. The summed E-state index contributed by atoms with van der Waals surface area (Å²) in [6.07, 6.45) is 3.04. The zero-order valence-corrected chi connectivity index (χ0v) is 18.6. The second-order valence-electron chi connectivity index (χ2n) is 5.58. The fourth-order valence-corrected chi connectivity index (χ4v) is 3.80. The second-order valence-corrected chi connectivity index (χ2v) is 7.65. The van der Waals surface area contributed by atoms with E-state index < -0.39 is 27.0 Å². The predicted molar refractivity (Wildman–Crippen MR) is 114 cm³/mol. The molecule has 0 aromatic heterocycles. The summed E-state index contributed by atoms with van der Waals surface area (Å²) in [6, 6.07) is 8.57. The molecular formula is C21H26O10Si. The van der Waals surface area contributed by atoms with Crippen LogP contribution < -0.4 is 4.43 Å². The normalized spacial score (nSPS) is 10.5. The molecule has 0 bridgehead atoms. The van der Waals surface area contributed by atoms with Gasteiger partial charge in [-0.25, -0.2) is 14.4 Å². The number of esters is 3. The van der Waals surface area contributed by atoms with Gasteiger partial charge in [-0.3, -0.25) is 0 Å². The number of hydrogen-bond donors (Lipinski definition) is 0. The molecule has 32 heavy (non-hydrogen) atoms. The van der Waals surface area contributed by atoms with Gasteiger partial charge in [-0.05, 0) is 12.1 Å². The number of hydrogen-bond acceptors (Lipinski definition) is 10. The van der Waals surface area contributed by atoms with Crippen LogP contribution in [0.1, 0.15) is 0 Å². The van der Waals surface area contributed by atoms with Gasteiger partial charge in [0.25, 0.3) is 0 Å². The Kier molecular flexibility index (Phi) is 13.0. The lowest BCUT2D eigenvalue weighted by Gasteiger charge is -2.28. The maximum atomic E-state index is 11.2. The Morgan fingerprint density at radius 3 is 1.38 bits per heavy atom. The fraction of sp³-hybridized carbons (Fsp3) is 0.286. The minimum atomic E-state index is -3.93. The first-order valence-electron chi connectivity index (χ1n) is 9.48. The van der Waals surface area contributed by atoms with Crippen LogP contribution in [0.15, 0.2) is 68.3 Å². The first-order valence-corrected chi connectivity index (χ1v) is 11.1. The SMILES string of the molecule is C=CC(=O)OCCO[Si](OCCOC(=O)C=C)(OCCOC(=O)C=C)Oc1ccccc1. The van der Waals surface area contributed by atoms with Gasteiger partial charge in [-0.2, -0.15) is 0 Å². The Balaban J connectivity index is 2.89. The molecule has 0 radical (unpaired) electrons. The lowest BCUT2D eigenvalue weighted by atomic mass is 10.3. The number of para-hydroxylation sites is 1. The molecule has 0 spiro atoms. The summed E-state index contributed by atoms with van der Waals surface area (Å²) in [5.41, 5.74) is 0. The zero-order chi connectivity index (χ0) is 23.7. The van der Waals surface area contributed by atoms with Crippen LogP contribution in [-0.2, 0) is 41.9 Å².